The van der Waals surface area contributed by atoms with Crippen molar-refractivity contribution in [2.45, 2.75) is 46.1 Å². The van der Waals surface area contributed by atoms with Gasteiger partial charge in [-0.15, -0.1) is 10.2 Å². The highest BCUT2D eigenvalue weighted by Crippen LogP contribution is 2.20. The number of fused-ring (bicyclic) bond motifs is 1. The summed E-state index contributed by atoms with van der Waals surface area (Å²) in [6.45, 7) is 4.48. The molecular weight excluding hydrogens is 320 g/mol. The normalized spacial score (nSPS) is 11.1. The summed E-state index contributed by atoms with van der Waals surface area (Å²) in [5, 5.41) is 13.8. The van der Waals surface area contributed by atoms with Crippen LogP contribution in [0.5, 0.6) is 0 Å². The van der Waals surface area contributed by atoms with E-state index in [1.807, 2.05) is 29.7 Å². The fraction of sp³-hybridized carbons (Fsp3) is 0.389. The van der Waals surface area contributed by atoms with Gasteiger partial charge in [-0.3, -0.25) is 10.1 Å². The fourth-order valence-corrected chi connectivity index (χ4v) is 3.59. The van der Waals surface area contributed by atoms with Gasteiger partial charge in [0.05, 0.1) is 0 Å². The van der Waals surface area contributed by atoms with Gasteiger partial charge in [0.25, 0.3) is 0 Å². The predicted molar refractivity (Wildman–Crippen MR) is 98.4 cm³/mol. The van der Waals surface area contributed by atoms with Gasteiger partial charge in [-0.25, -0.2) is 0 Å². The minimum absolute atomic E-state index is 0.0734. The van der Waals surface area contributed by atoms with Gasteiger partial charge in [0.1, 0.15) is 11.6 Å². The second kappa shape index (κ2) is 7.57. The Balaban J connectivity index is 1.64. The summed E-state index contributed by atoms with van der Waals surface area (Å²) >= 11 is 1.47. The Bertz CT molecular complexity index is 837. The Labute approximate surface area is 145 Å². The fourth-order valence-electron chi connectivity index (χ4n) is 2.79. The molecule has 0 aliphatic rings. The molecule has 2 heterocycles. The SMILES string of the molecule is CCCCCc1nnc(NC(=O)Cn2c(C)cc3ccccc32)s1. The van der Waals surface area contributed by atoms with Crippen molar-refractivity contribution < 1.29 is 4.79 Å². The van der Waals surface area contributed by atoms with Crippen LogP contribution in [0, 0.1) is 6.92 Å². The predicted octanol–water partition coefficient (Wildman–Crippen LogP) is 4.17. The number of carbonyl (C=O) groups is 1. The molecule has 0 fully saturated rings. The summed E-state index contributed by atoms with van der Waals surface area (Å²) in [5.74, 6) is -0.0734. The van der Waals surface area contributed by atoms with Crippen molar-refractivity contribution in [1.82, 2.24) is 14.8 Å². The summed E-state index contributed by atoms with van der Waals surface area (Å²) in [6.07, 6.45) is 4.43. The van der Waals surface area contributed by atoms with Crippen LogP contribution in [0.3, 0.4) is 0 Å². The van der Waals surface area contributed by atoms with E-state index in [0.29, 0.717) is 5.13 Å². The lowest BCUT2D eigenvalue weighted by Crippen LogP contribution is -2.19. The molecule has 0 atom stereocenters. The smallest absolute Gasteiger partial charge is 0.246 e. The highest BCUT2D eigenvalue weighted by Gasteiger charge is 2.12. The van der Waals surface area contributed by atoms with E-state index in [4.69, 9.17) is 0 Å². The second-order valence-electron chi connectivity index (χ2n) is 5.94. The van der Waals surface area contributed by atoms with Crippen LogP contribution < -0.4 is 5.32 Å². The lowest BCUT2D eigenvalue weighted by Gasteiger charge is -2.07. The minimum atomic E-state index is -0.0734. The minimum Gasteiger partial charge on any atom is -0.335 e. The number of rotatable bonds is 7. The van der Waals surface area contributed by atoms with E-state index in [1.165, 1.54) is 24.2 Å². The van der Waals surface area contributed by atoms with Gasteiger partial charge in [0.15, 0.2) is 0 Å². The zero-order valence-corrected chi connectivity index (χ0v) is 14.9. The highest BCUT2D eigenvalue weighted by atomic mass is 32.1. The highest BCUT2D eigenvalue weighted by molar-refractivity contribution is 7.15. The van der Waals surface area contributed by atoms with Crippen LogP contribution in [0.15, 0.2) is 30.3 Å². The van der Waals surface area contributed by atoms with Gasteiger partial charge < -0.3 is 4.57 Å². The number of hydrogen-bond acceptors (Lipinski definition) is 4. The topological polar surface area (TPSA) is 59.8 Å². The van der Waals surface area contributed by atoms with Crippen molar-refractivity contribution >= 4 is 33.3 Å². The Morgan fingerprint density at radius 1 is 1.25 bits per heavy atom. The Morgan fingerprint density at radius 3 is 2.92 bits per heavy atom. The number of aromatic nitrogens is 3. The maximum absolute atomic E-state index is 12.4. The summed E-state index contributed by atoms with van der Waals surface area (Å²) in [4.78, 5) is 12.4. The first-order valence-electron chi connectivity index (χ1n) is 8.34. The lowest BCUT2D eigenvalue weighted by atomic mass is 10.2. The van der Waals surface area contributed by atoms with Crippen molar-refractivity contribution in [3.63, 3.8) is 0 Å². The maximum atomic E-state index is 12.4. The van der Waals surface area contributed by atoms with Gasteiger partial charge in [0, 0.05) is 17.6 Å². The number of nitrogens with zero attached hydrogens (tertiary/aromatic N) is 3. The number of aryl methyl sites for hydroxylation is 2. The van der Waals surface area contributed by atoms with E-state index in [1.54, 1.807) is 0 Å². The summed E-state index contributed by atoms with van der Waals surface area (Å²) in [6, 6.07) is 10.2. The average Bonchev–Trinajstić information content (AvgIpc) is 3.13. The molecule has 0 aliphatic carbocycles. The molecule has 0 unspecified atom stereocenters. The van der Waals surface area contributed by atoms with Crippen LogP contribution in [0.25, 0.3) is 10.9 Å². The number of benzene rings is 1. The zero-order valence-electron chi connectivity index (χ0n) is 14.1. The molecule has 24 heavy (non-hydrogen) atoms. The molecule has 0 radical (unpaired) electrons. The summed E-state index contributed by atoms with van der Waals surface area (Å²) < 4.78 is 2.02. The zero-order chi connectivity index (χ0) is 16.9. The van der Waals surface area contributed by atoms with Crippen molar-refractivity contribution in [2.24, 2.45) is 0 Å². The number of nitrogens with one attached hydrogen (secondary N) is 1. The lowest BCUT2D eigenvalue weighted by molar-refractivity contribution is -0.116. The van der Waals surface area contributed by atoms with Crippen molar-refractivity contribution in [2.75, 3.05) is 5.32 Å². The van der Waals surface area contributed by atoms with Crippen LogP contribution in [-0.4, -0.2) is 20.7 Å². The average molecular weight is 342 g/mol. The summed E-state index contributed by atoms with van der Waals surface area (Å²) in [5.41, 5.74) is 2.14. The first kappa shape index (κ1) is 16.6. The molecular formula is C18H22N4OS. The van der Waals surface area contributed by atoms with E-state index in [2.05, 4.69) is 34.6 Å². The number of para-hydroxylation sites is 1. The molecule has 5 nitrogen and oxygen atoms in total. The number of carbonyl (C=O) groups excluding carboxylic acids is 1. The molecule has 1 aromatic carbocycles. The number of hydrogen-bond donors (Lipinski definition) is 1. The van der Waals surface area contributed by atoms with Crippen LogP contribution in [0.1, 0.15) is 36.9 Å². The van der Waals surface area contributed by atoms with Crippen LogP contribution >= 0.6 is 11.3 Å². The molecule has 0 saturated heterocycles. The maximum Gasteiger partial charge on any atom is 0.246 e. The number of amides is 1. The van der Waals surface area contributed by atoms with Gasteiger partial charge >= 0.3 is 0 Å². The molecule has 6 heteroatoms. The molecule has 126 valence electrons. The second-order valence-corrected chi connectivity index (χ2v) is 7.00. The van der Waals surface area contributed by atoms with E-state index >= 15 is 0 Å². The molecule has 2 aromatic heterocycles. The molecule has 1 N–H and O–H groups in total. The Morgan fingerprint density at radius 2 is 2.08 bits per heavy atom. The van der Waals surface area contributed by atoms with Crippen molar-refractivity contribution in [1.29, 1.82) is 0 Å². The standard InChI is InChI=1S/C18H22N4OS/c1-3-4-5-10-17-20-21-18(24-17)19-16(23)12-22-13(2)11-14-8-6-7-9-15(14)22/h6-9,11H,3-5,10,12H2,1-2H3,(H,19,21,23). The third-order valence-corrected chi connectivity index (χ3v) is 4.93. The van der Waals surface area contributed by atoms with E-state index in [-0.39, 0.29) is 12.5 Å². The summed E-state index contributed by atoms with van der Waals surface area (Å²) in [7, 11) is 0. The number of anilines is 1. The van der Waals surface area contributed by atoms with Crippen LogP contribution in [0.4, 0.5) is 5.13 Å². The molecule has 3 aromatic rings. The molecule has 3 rings (SSSR count). The van der Waals surface area contributed by atoms with Crippen molar-refractivity contribution in [3.8, 4) is 0 Å². The largest absolute Gasteiger partial charge is 0.335 e. The number of unbranched alkanes of at least 4 members (excludes halogenated alkanes) is 2. The first-order chi connectivity index (χ1) is 11.7. The van der Waals surface area contributed by atoms with E-state index in [9.17, 15) is 4.79 Å². The van der Waals surface area contributed by atoms with Gasteiger partial charge in [-0.05, 0) is 30.9 Å². The first-order valence-corrected chi connectivity index (χ1v) is 9.16. The van der Waals surface area contributed by atoms with Crippen LogP contribution in [0.2, 0.25) is 0 Å². The quantitative estimate of drug-likeness (QED) is 0.656. The van der Waals surface area contributed by atoms with Gasteiger partial charge in [-0.2, -0.15) is 0 Å². The Hall–Kier alpha value is -2.21. The van der Waals surface area contributed by atoms with Gasteiger partial charge in [-0.1, -0.05) is 49.3 Å². The Kier molecular flexibility index (Phi) is 5.25. The molecule has 0 spiro atoms. The monoisotopic (exact) mass is 342 g/mol. The van der Waals surface area contributed by atoms with Crippen molar-refractivity contribution in [3.05, 3.63) is 41.0 Å². The molecule has 0 aliphatic heterocycles. The third-order valence-electron chi connectivity index (χ3n) is 4.03. The molecule has 0 saturated carbocycles. The van der Waals surface area contributed by atoms with E-state index in [0.717, 1.165) is 34.4 Å². The molecule has 1 amide bonds. The third kappa shape index (κ3) is 3.82. The van der Waals surface area contributed by atoms with Gasteiger partial charge in [0.2, 0.25) is 11.0 Å². The van der Waals surface area contributed by atoms with Crippen LogP contribution in [-0.2, 0) is 17.8 Å². The molecule has 0 bridgehead atoms. The van der Waals surface area contributed by atoms with E-state index < -0.39 is 0 Å².